The number of ether oxygens (including phenoxy) is 3. The molecule has 3 rings (SSSR count). The van der Waals surface area contributed by atoms with E-state index in [1.54, 1.807) is 45.0 Å². The van der Waals surface area contributed by atoms with Gasteiger partial charge in [-0.15, -0.1) is 0 Å². The van der Waals surface area contributed by atoms with Gasteiger partial charge < -0.3 is 14.2 Å². The van der Waals surface area contributed by atoms with Crippen molar-refractivity contribution in [2.45, 2.75) is 46.3 Å². The monoisotopic (exact) mass is 481 g/mol. The van der Waals surface area contributed by atoms with Crippen molar-refractivity contribution >= 4 is 23.5 Å². The maximum Gasteiger partial charge on any atom is 0.349 e. The number of nitrogens with zero attached hydrogens (tertiary/aromatic N) is 1. The number of rotatable bonds is 7. The molecule has 0 bridgehead atoms. The van der Waals surface area contributed by atoms with E-state index in [-0.39, 0.29) is 11.0 Å². The Labute approximate surface area is 205 Å². The van der Waals surface area contributed by atoms with E-state index in [9.17, 15) is 14.9 Å². The van der Waals surface area contributed by atoms with Gasteiger partial charge in [0.1, 0.15) is 28.2 Å². The van der Waals surface area contributed by atoms with Crippen LogP contribution in [0.25, 0.3) is 0 Å². The lowest BCUT2D eigenvalue weighted by Crippen LogP contribution is -2.24. The smallest absolute Gasteiger partial charge is 0.349 e. The highest BCUT2D eigenvalue weighted by molar-refractivity contribution is 6.41. The Bertz CT molecular complexity index is 1130. The van der Waals surface area contributed by atoms with Gasteiger partial charge in [-0.2, -0.15) is 5.26 Å². The minimum atomic E-state index is -1.10. The Balaban J connectivity index is 1.69. The predicted molar refractivity (Wildman–Crippen MR) is 128 cm³/mol. The predicted octanol–water partition coefficient (Wildman–Crippen LogP) is 6.32. The first-order valence-corrected chi connectivity index (χ1v) is 11.3. The molecule has 1 aliphatic carbocycles. The quantitative estimate of drug-likeness (QED) is 0.339. The second kappa shape index (κ2) is 9.90. The molecule has 1 fully saturated rings. The van der Waals surface area contributed by atoms with Crippen LogP contribution in [0.5, 0.6) is 11.5 Å². The normalized spacial score (nSPS) is 20.0. The van der Waals surface area contributed by atoms with E-state index < -0.39 is 35.0 Å². The van der Waals surface area contributed by atoms with Crippen molar-refractivity contribution in [3.05, 3.63) is 71.3 Å². The fraction of sp³-hybridized carbons (Fsp3) is 0.370. The Hall–Kier alpha value is -3.30. The molecule has 0 saturated heterocycles. The number of allylic oxidation sites excluding steroid dienone is 1. The third-order valence-electron chi connectivity index (χ3n) is 5.58. The van der Waals surface area contributed by atoms with E-state index in [0.717, 1.165) is 0 Å². The summed E-state index contributed by atoms with van der Waals surface area (Å²) in [5, 5.41) is 9.59. The third kappa shape index (κ3) is 6.18. The van der Waals surface area contributed by atoms with Crippen molar-refractivity contribution in [3.8, 4) is 17.6 Å². The first-order valence-electron chi connectivity index (χ1n) is 11.0. The maximum absolute atomic E-state index is 12.9. The molecule has 0 spiro atoms. The summed E-state index contributed by atoms with van der Waals surface area (Å²) in [5.41, 5.74) is -0.653. The van der Waals surface area contributed by atoms with Crippen molar-refractivity contribution in [1.82, 2.24) is 0 Å². The summed E-state index contributed by atoms with van der Waals surface area (Å²) in [7, 11) is 0. The second-order valence-electron chi connectivity index (χ2n) is 9.77. The van der Waals surface area contributed by atoms with Crippen molar-refractivity contribution in [2.24, 2.45) is 17.3 Å². The highest BCUT2D eigenvalue weighted by Gasteiger charge is 2.62. The molecule has 0 unspecified atom stereocenters. The van der Waals surface area contributed by atoms with Gasteiger partial charge in [-0.05, 0) is 56.4 Å². The lowest BCUT2D eigenvalue weighted by atomic mass is 10.1. The van der Waals surface area contributed by atoms with Crippen LogP contribution in [0.1, 0.15) is 46.3 Å². The number of nitriles is 1. The zero-order valence-corrected chi connectivity index (χ0v) is 20.6. The van der Waals surface area contributed by atoms with E-state index in [2.05, 4.69) is 0 Å². The summed E-state index contributed by atoms with van der Waals surface area (Å²) in [4.78, 5) is 25.1. The number of halogens is 1. The van der Waals surface area contributed by atoms with E-state index in [4.69, 9.17) is 25.8 Å². The number of carbonyl (C=O) groups excluding carboxylic acids is 2. The van der Waals surface area contributed by atoms with Crippen LogP contribution in [-0.2, 0) is 19.1 Å². The second-order valence-corrected chi connectivity index (χ2v) is 10.2. The molecule has 0 aromatic heterocycles. The summed E-state index contributed by atoms with van der Waals surface area (Å²) in [5.74, 6) is -0.844. The highest BCUT2D eigenvalue weighted by atomic mass is 35.5. The standard InChI is InChI=1S/C27H28ClNO5/c1-26(2,3)34-24(30)21(28)15-20-23(27(20,4)5)25(31)33-22(16-29)17-10-9-13-19(14-17)32-18-11-7-6-8-12-18/h6-15,20,22-23H,1-5H3/t20-,22+,23-/m0/s1. The summed E-state index contributed by atoms with van der Waals surface area (Å²) in [6, 6.07) is 18.1. The molecule has 0 aliphatic heterocycles. The average molecular weight is 482 g/mol. The fourth-order valence-corrected chi connectivity index (χ4v) is 3.89. The molecular weight excluding hydrogens is 454 g/mol. The van der Waals surface area contributed by atoms with Gasteiger partial charge in [-0.25, -0.2) is 4.79 Å². The van der Waals surface area contributed by atoms with Crippen LogP contribution in [0.3, 0.4) is 0 Å². The van der Waals surface area contributed by atoms with Crippen molar-refractivity contribution in [3.63, 3.8) is 0 Å². The first kappa shape index (κ1) is 25.3. The van der Waals surface area contributed by atoms with E-state index in [1.807, 2.05) is 50.2 Å². The Morgan fingerprint density at radius 1 is 1.09 bits per heavy atom. The van der Waals surface area contributed by atoms with Gasteiger partial charge in [-0.1, -0.05) is 61.9 Å². The Kier molecular flexibility index (Phi) is 7.38. The van der Waals surface area contributed by atoms with Crippen LogP contribution in [0.15, 0.2) is 65.7 Å². The van der Waals surface area contributed by atoms with Crippen molar-refractivity contribution in [1.29, 1.82) is 5.26 Å². The molecule has 2 aromatic carbocycles. The summed E-state index contributed by atoms with van der Waals surface area (Å²) < 4.78 is 16.6. The maximum atomic E-state index is 12.9. The summed E-state index contributed by atoms with van der Waals surface area (Å²) >= 11 is 6.15. The lowest BCUT2D eigenvalue weighted by Gasteiger charge is -2.19. The topological polar surface area (TPSA) is 85.6 Å². The minimum Gasteiger partial charge on any atom is -0.457 e. The van der Waals surface area contributed by atoms with Gasteiger partial charge in [0, 0.05) is 5.56 Å². The number of para-hydroxylation sites is 1. The Morgan fingerprint density at radius 2 is 1.74 bits per heavy atom. The number of esters is 2. The van der Waals surface area contributed by atoms with Crippen molar-refractivity contribution in [2.75, 3.05) is 0 Å². The van der Waals surface area contributed by atoms with Gasteiger partial charge in [0.05, 0.1) is 5.92 Å². The molecule has 2 aromatic rings. The molecule has 0 N–H and O–H groups in total. The summed E-state index contributed by atoms with van der Waals surface area (Å²) in [6.07, 6.45) is 0.436. The van der Waals surface area contributed by atoms with Crippen LogP contribution in [-0.4, -0.2) is 17.5 Å². The van der Waals surface area contributed by atoms with E-state index in [1.165, 1.54) is 6.08 Å². The van der Waals surface area contributed by atoms with Gasteiger partial charge in [0.2, 0.25) is 6.10 Å². The molecule has 0 amide bonds. The largest absolute Gasteiger partial charge is 0.457 e. The Morgan fingerprint density at radius 3 is 2.35 bits per heavy atom. The van der Waals surface area contributed by atoms with Crippen LogP contribution < -0.4 is 4.74 Å². The molecule has 3 atom stereocenters. The fourth-order valence-electron chi connectivity index (χ4n) is 3.72. The molecule has 7 heteroatoms. The first-order chi connectivity index (χ1) is 15.9. The molecule has 6 nitrogen and oxygen atoms in total. The van der Waals surface area contributed by atoms with E-state index >= 15 is 0 Å². The summed E-state index contributed by atoms with van der Waals surface area (Å²) in [6.45, 7) is 9.01. The molecule has 1 aliphatic rings. The van der Waals surface area contributed by atoms with Crippen molar-refractivity contribution < 1.29 is 23.8 Å². The minimum absolute atomic E-state index is 0.0779. The zero-order valence-electron chi connectivity index (χ0n) is 19.9. The van der Waals surface area contributed by atoms with Crippen LogP contribution >= 0.6 is 11.6 Å². The molecule has 0 radical (unpaired) electrons. The van der Waals surface area contributed by atoms with Crippen LogP contribution in [0.2, 0.25) is 0 Å². The molecular formula is C27H28ClNO5. The van der Waals surface area contributed by atoms with Gasteiger partial charge >= 0.3 is 11.9 Å². The zero-order chi connectivity index (χ0) is 25.1. The van der Waals surface area contributed by atoms with Gasteiger partial charge in [0.25, 0.3) is 0 Å². The number of benzene rings is 2. The molecule has 0 heterocycles. The van der Waals surface area contributed by atoms with Crippen LogP contribution in [0.4, 0.5) is 0 Å². The molecule has 178 valence electrons. The molecule has 1 saturated carbocycles. The third-order valence-corrected chi connectivity index (χ3v) is 5.86. The average Bonchev–Trinajstić information content (AvgIpc) is 3.31. The number of carbonyl (C=O) groups is 2. The number of hydrogen-bond acceptors (Lipinski definition) is 6. The lowest BCUT2D eigenvalue weighted by molar-refractivity contribution is -0.150. The van der Waals surface area contributed by atoms with Crippen LogP contribution in [0, 0.1) is 28.6 Å². The highest BCUT2D eigenvalue weighted by Crippen LogP contribution is 2.60. The van der Waals surface area contributed by atoms with Gasteiger partial charge in [0.15, 0.2) is 0 Å². The molecule has 34 heavy (non-hydrogen) atoms. The SMILES string of the molecule is CC(C)(C)OC(=O)C(Cl)=C[C@H]1[C@@H](C(=O)O[C@H](C#N)c2cccc(Oc3ccccc3)c2)C1(C)C. The van der Waals surface area contributed by atoms with E-state index in [0.29, 0.717) is 17.1 Å². The van der Waals surface area contributed by atoms with Gasteiger partial charge in [-0.3, -0.25) is 4.79 Å². The number of hydrogen-bond donors (Lipinski definition) is 0.